The Balaban J connectivity index is 1.24. The van der Waals surface area contributed by atoms with Gasteiger partial charge in [0.15, 0.2) is 6.10 Å². The van der Waals surface area contributed by atoms with Crippen molar-refractivity contribution in [2.45, 2.75) is 30.8 Å². The van der Waals surface area contributed by atoms with E-state index in [0.717, 1.165) is 28.2 Å². The van der Waals surface area contributed by atoms with Crippen molar-refractivity contribution in [2.24, 2.45) is 7.05 Å². The Morgan fingerprint density at radius 1 is 1.16 bits per heavy atom. The summed E-state index contributed by atoms with van der Waals surface area (Å²) in [5.41, 5.74) is 4.88. The first-order valence-electron chi connectivity index (χ1n) is 10.3. The number of carbonyl (C=O) groups is 1. The molecule has 1 atom stereocenters. The molecule has 1 aliphatic heterocycles. The number of imidazole rings is 1. The predicted octanol–water partition coefficient (Wildman–Crippen LogP) is 3.21. The molecule has 170 valence electrons. The van der Waals surface area contributed by atoms with Gasteiger partial charge >= 0.3 is 17.9 Å². The number of anilines is 1. The van der Waals surface area contributed by atoms with Gasteiger partial charge in [-0.2, -0.15) is 17.6 Å². The first-order valence-corrected chi connectivity index (χ1v) is 10.3. The van der Waals surface area contributed by atoms with Crippen LogP contribution in [0.5, 0.6) is 0 Å². The van der Waals surface area contributed by atoms with Crippen LogP contribution in [0.3, 0.4) is 0 Å². The van der Waals surface area contributed by atoms with E-state index in [0.29, 0.717) is 19.5 Å². The SMILES string of the molecule is Cn1cnc(C2=Cc3c(N4CCN(C(=O)O[C@@H]5CC(F)(F)C5(F)F)CC4)ccnc3C2)c1. The second-order valence-electron chi connectivity index (χ2n) is 8.34. The molecule has 7 nitrogen and oxygen atoms in total. The highest BCUT2D eigenvalue weighted by Gasteiger charge is 2.74. The number of pyridine rings is 1. The average molecular weight is 451 g/mol. The van der Waals surface area contributed by atoms with Crippen molar-refractivity contribution < 1.29 is 27.1 Å². The van der Waals surface area contributed by atoms with E-state index in [-0.39, 0.29) is 13.1 Å². The van der Waals surface area contributed by atoms with Gasteiger partial charge in [0.1, 0.15) is 0 Å². The Kier molecular flexibility index (Phi) is 4.68. The van der Waals surface area contributed by atoms with Gasteiger partial charge in [-0.05, 0) is 17.7 Å². The summed E-state index contributed by atoms with van der Waals surface area (Å²) in [5.74, 6) is -8.44. The van der Waals surface area contributed by atoms with Crippen LogP contribution >= 0.6 is 0 Å². The number of piperazine rings is 1. The maximum Gasteiger partial charge on any atom is 0.410 e. The van der Waals surface area contributed by atoms with Crippen molar-refractivity contribution in [1.82, 2.24) is 19.4 Å². The number of rotatable bonds is 3. The summed E-state index contributed by atoms with van der Waals surface area (Å²) >= 11 is 0. The summed E-state index contributed by atoms with van der Waals surface area (Å²) in [4.78, 5) is 24.5. The molecule has 32 heavy (non-hydrogen) atoms. The zero-order chi connectivity index (χ0) is 22.7. The van der Waals surface area contributed by atoms with Gasteiger partial charge in [0.05, 0.1) is 24.1 Å². The Labute approximate surface area is 181 Å². The van der Waals surface area contributed by atoms with Gasteiger partial charge in [-0.1, -0.05) is 0 Å². The number of hydrogen-bond acceptors (Lipinski definition) is 5. The zero-order valence-electron chi connectivity index (χ0n) is 17.3. The standard InChI is InChI=1S/C21H21F4N5O2/c1-28-11-16(27-12-28)13-8-14-15(9-13)26-3-2-17(14)29-4-6-30(7-5-29)19(31)32-18-10-20(22,23)21(18,24)25/h2-3,8,11-12,18H,4-7,9-10H2,1H3/t18-/m1/s1. The van der Waals surface area contributed by atoms with E-state index in [2.05, 4.69) is 25.7 Å². The quantitative estimate of drug-likeness (QED) is 0.671. The molecule has 2 aromatic rings. The molecule has 1 amide bonds. The number of fused-ring (bicyclic) bond motifs is 1. The van der Waals surface area contributed by atoms with Crippen LogP contribution in [0, 0.1) is 0 Å². The molecular formula is C21H21F4N5O2. The van der Waals surface area contributed by atoms with Crippen LogP contribution in [-0.2, 0) is 18.2 Å². The Bertz CT molecular complexity index is 1090. The summed E-state index contributed by atoms with van der Waals surface area (Å²) in [7, 11) is 1.91. The summed E-state index contributed by atoms with van der Waals surface area (Å²) in [5, 5.41) is 0. The van der Waals surface area contributed by atoms with E-state index in [1.165, 1.54) is 4.90 Å². The van der Waals surface area contributed by atoms with Crippen molar-refractivity contribution in [3.63, 3.8) is 0 Å². The molecule has 2 aromatic heterocycles. The highest BCUT2D eigenvalue weighted by atomic mass is 19.3. The largest absolute Gasteiger partial charge is 0.439 e. The first-order chi connectivity index (χ1) is 15.2. The van der Waals surface area contributed by atoms with Crippen LogP contribution in [-0.4, -0.2) is 69.7 Å². The number of aromatic nitrogens is 3. The fraction of sp³-hybridized carbons (Fsp3) is 0.476. The minimum absolute atomic E-state index is 0.238. The molecule has 5 rings (SSSR count). The van der Waals surface area contributed by atoms with Crippen LogP contribution in [0.4, 0.5) is 28.0 Å². The number of halogens is 4. The molecule has 2 fully saturated rings. The summed E-state index contributed by atoms with van der Waals surface area (Å²) in [6.07, 6.45) is 3.95. The molecule has 2 aliphatic carbocycles. The Morgan fingerprint density at radius 2 is 1.91 bits per heavy atom. The molecule has 0 unspecified atom stereocenters. The van der Waals surface area contributed by atoms with Crippen LogP contribution in [0.2, 0.25) is 0 Å². The van der Waals surface area contributed by atoms with Gasteiger partial charge in [-0.3, -0.25) is 4.98 Å². The van der Waals surface area contributed by atoms with Crippen LogP contribution in [0.1, 0.15) is 23.4 Å². The minimum Gasteiger partial charge on any atom is -0.439 e. The van der Waals surface area contributed by atoms with Crippen molar-refractivity contribution in [3.8, 4) is 0 Å². The van der Waals surface area contributed by atoms with Crippen molar-refractivity contribution in [3.05, 3.63) is 41.7 Å². The lowest BCUT2D eigenvalue weighted by Crippen LogP contribution is -2.64. The normalized spacial score (nSPS) is 23.4. The zero-order valence-corrected chi connectivity index (χ0v) is 17.3. The molecular weight excluding hydrogens is 430 g/mol. The molecule has 0 aromatic carbocycles. The number of hydrogen-bond donors (Lipinski definition) is 0. The topological polar surface area (TPSA) is 63.5 Å². The van der Waals surface area contributed by atoms with Gasteiger partial charge in [-0.15, -0.1) is 0 Å². The smallest absolute Gasteiger partial charge is 0.410 e. The van der Waals surface area contributed by atoms with E-state index in [1.54, 1.807) is 12.5 Å². The van der Waals surface area contributed by atoms with E-state index in [9.17, 15) is 22.4 Å². The highest BCUT2D eigenvalue weighted by Crippen LogP contribution is 2.52. The predicted molar refractivity (Wildman–Crippen MR) is 108 cm³/mol. The van der Waals surface area contributed by atoms with Crippen molar-refractivity contribution in [2.75, 3.05) is 31.1 Å². The highest BCUT2D eigenvalue weighted by molar-refractivity contribution is 5.91. The number of allylic oxidation sites excluding steroid dienone is 1. The summed E-state index contributed by atoms with van der Waals surface area (Å²) in [6.45, 7) is 1.38. The van der Waals surface area contributed by atoms with Gasteiger partial charge in [-0.25, -0.2) is 9.78 Å². The van der Waals surface area contributed by atoms with E-state index in [4.69, 9.17) is 0 Å². The Morgan fingerprint density at radius 3 is 2.53 bits per heavy atom. The lowest BCUT2D eigenvalue weighted by atomic mass is 9.85. The fourth-order valence-electron chi connectivity index (χ4n) is 4.27. The second-order valence-corrected chi connectivity index (χ2v) is 8.34. The lowest BCUT2D eigenvalue weighted by molar-refractivity contribution is -0.330. The maximum absolute atomic E-state index is 13.4. The van der Waals surface area contributed by atoms with Gasteiger partial charge in [0.25, 0.3) is 0 Å². The molecule has 0 bridgehead atoms. The van der Waals surface area contributed by atoms with Crippen LogP contribution in [0.25, 0.3) is 11.6 Å². The molecule has 3 aliphatic rings. The maximum atomic E-state index is 13.4. The van der Waals surface area contributed by atoms with E-state index in [1.807, 2.05) is 23.9 Å². The van der Waals surface area contributed by atoms with Gasteiger partial charge < -0.3 is 19.1 Å². The summed E-state index contributed by atoms with van der Waals surface area (Å²) < 4.78 is 59.3. The molecule has 1 saturated heterocycles. The average Bonchev–Trinajstić information content (AvgIpc) is 3.39. The molecule has 0 N–H and O–H groups in total. The fourth-order valence-corrected chi connectivity index (χ4v) is 4.27. The number of aryl methyl sites for hydroxylation is 1. The third-order valence-electron chi connectivity index (χ3n) is 6.22. The Hall–Kier alpha value is -3.11. The third-order valence-corrected chi connectivity index (χ3v) is 6.22. The molecule has 0 spiro atoms. The van der Waals surface area contributed by atoms with Gasteiger partial charge in [0, 0.05) is 63.3 Å². The number of nitrogens with zero attached hydrogens (tertiary/aromatic N) is 5. The number of alkyl halides is 4. The van der Waals surface area contributed by atoms with Gasteiger partial charge in [0.2, 0.25) is 0 Å². The van der Waals surface area contributed by atoms with Crippen LogP contribution < -0.4 is 4.90 Å². The lowest BCUT2D eigenvalue weighted by Gasteiger charge is -2.43. The monoisotopic (exact) mass is 451 g/mol. The second kappa shape index (κ2) is 7.21. The molecule has 11 heteroatoms. The summed E-state index contributed by atoms with van der Waals surface area (Å²) in [6, 6.07) is 1.90. The molecule has 3 heterocycles. The minimum atomic E-state index is -4.32. The van der Waals surface area contributed by atoms with E-state index >= 15 is 0 Å². The van der Waals surface area contributed by atoms with E-state index < -0.39 is 30.5 Å². The number of carbonyl (C=O) groups excluding carboxylic acids is 1. The molecule has 1 saturated carbocycles. The number of amides is 1. The van der Waals surface area contributed by atoms with Crippen molar-refractivity contribution >= 4 is 23.4 Å². The first kappa shape index (κ1) is 20.8. The molecule has 0 radical (unpaired) electrons. The van der Waals surface area contributed by atoms with Crippen molar-refractivity contribution in [1.29, 1.82) is 0 Å². The third kappa shape index (κ3) is 3.30. The number of ether oxygens (including phenoxy) is 1. The van der Waals surface area contributed by atoms with Crippen LogP contribution in [0.15, 0.2) is 24.8 Å².